The van der Waals surface area contributed by atoms with Gasteiger partial charge in [0.15, 0.2) is 0 Å². The molecule has 3 aromatic rings. The second kappa shape index (κ2) is 4.81. The molecule has 1 aromatic carbocycles. The molecule has 1 aliphatic heterocycles. The van der Waals surface area contributed by atoms with E-state index in [0.717, 1.165) is 16.4 Å². The first-order chi connectivity index (χ1) is 10.4. The van der Waals surface area contributed by atoms with Gasteiger partial charge in [0.1, 0.15) is 6.33 Å². The van der Waals surface area contributed by atoms with Crippen molar-refractivity contribution in [2.75, 3.05) is 6.26 Å². The summed E-state index contributed by atoms with van der Waals surface area (Å²) in [5.74, 6) is 0.672. The summed E-state index contributed by atoms with van der Waals surface area (Å²) >= 11 is 1.49. The van der Waals surface area contributed by atoms with Crippen LogP contribution in [0.25, 0.3) is 5.78 Å². The maximum atomic E-state index is 4.43. The Morgan fingerprint density at radius 3 is 3.10 bits per heavy atom. The van der Waals surface area contributed by atoms with Crippen molar-refractivity contribution in [2.24, 2.45) is 10.1 Å². The summed E-state index contributed by atoms with van der Waals surface area (Å²) in [6.07, 6.45) is 7.28. The Bertz CT molecular complexity index is 860. The second-order valence-electron chi connectivity index (χ2n) is 4.50. The zero-order valence-corrected chi connectivity index (χ0v) is 12.0. The van der Waals surface area contributed by atoms with Crippen LogP contribution in [0.1, 0.15) is 11.5 Å². The summed E-state index contributed by atoms with van der Waals surface area (Å²) in [4.78, 5) is 4.38. The normalized spacial score (nSPS) is 17.1. The van der Waals surface area contributed by atoms with E-state index in [1.165, 1.54) is 11.8 Å². The molecule has 1 aliphatic rings. The Balaban J connectivity index is 1.66. The first kappa shape index (κ1) is 12.3. The van der Waals surface area contributed by atoms with Gasteiger partial charge in [0.2, 0.25) is 5.16 Å². The molecular formula is C13H11N7S. The van der Waals surface area contributed by atoms with Crippen LogP contribution in [-0.4, -0.2) is 43.2 Å². The Morgan fingerprint density at radius 2 is 2.19 bits per heavy atom. The maximum absolute atomic E-state index is 4.43. The first-order valence-corrected chi connectivity index (χ1v) is 7.59. The zero-order valence-electron chi connectivity index (χ0n) is 11.2. The van der Waals surface area contributed by atoms with Crippen molar-refractivity contribution < 1.29 is 0 Å². The van der Waals surface area contributed by atoms with Gasteiger partial charge in [-0.25, -0.2) is 0 Å². The van der Waals surface area contributed by atoms with Crippen LogP contribution in [0.5, 0.6) is 0 Å². The lowest BCUT2D eigenvalue weighted by molar-refractivity contribution is 0.817. The van der Waals surface area contributed by atoms with Gasteiger partial charge in [-0.2, -0.15) is 19.4 Å². The molecule has 0 unspecified atom stereocenters. The molecule has 0 fully saturated rings. The molecule has 0 N–H and O–H groups in total. The maximum Gasteiger partial charge on any atom is 0.275 e. The molecule has 1 atom stereocenters. The van der Waals surface area contributed by atoms with Crippen LogP contribution >= 0.6 is 11.8 Å². The molecule has 0 aliphatic carbocycles. The minimum absolute atomic E-state index is 0.0755. The summed E-state index contributed by atoms with van der Waals surface area (Å²) in [5.41, 5.74) is 2.15. The zero-order chi connectivity index (χ0) is 14.2. The lowest BCUT2D eigenvalue weighted by atomic mass is 10.0. The topological polar surface area (TPSA) is 72.7 Å². The molecule has 8 heteroatoms. The number of aromatic nitrogens is 5. The van der Waals surface area contributed by atoms with E-state index in [1.54, 1.807) is 15.5 Å². The molecule has 3 heterocycles. The summed E-state index contributed by atoms with van der Waals surface area (Å²) in [6, 6.07) is 8.05. The molecule has 104 valence electrons. The van der Waals surface area contributed by atoms with E-state index in [9.17, 15) is 0 Å². The molecule has 7 nitrogen and oxygen atoms in total. The van der Waals surface area contributed by atoms with E-state index in [2.05, 4.69) is 31.5 Å². The lowest BCUT2D eigenvalue weighted by Crippen LogP contribution is -1.99. The molecule has 0 radical (unpaired) electrons. The average Bonchev–Trinajstić information content (AvgIpc) is 3.20. The molecule has 0 bridgehead atoms. The van der Waals surface area contributed by atoms with Crippen molar-refractivity contribution in [3.8, 4) is 0 Å². The van der Waals surface area contributed by atoms with Crippen molar-refractivity contribution in [2.45, 2.75) is 11.1 Å². The van der Waals surface area contributed by atoms with E-state index in [4.69, 9.17) is 0 Å². The predicted molar refractivity (Wildman–Crippen MR) is 81.8 cm³/mol. The van der Waals surface area contributed by atoms with E-state index in [-0.39, 0.29) is 5.92 Å². The highest BCUT2D eigenvalue weighted by Gasteiger charge is 2.16. The van der Waals surface area contributed by atoms with Crippen molar-refractivity contribution in [3.05, 3.63) is 36.2 Å². The number of aliphatic imine (C=N–C) groups is 1. The Morgan fingerprint density at radius 1 is 1.29 bits per heavy atom. The quantitative estimate of drug-likeness (QED) is 0.547. The number of benzene rings is 1. The van der Waals surface area contributed by atoms with Gasteiger partial charge in [-0.3, -0.25) is 4.99 Å². The first-order valence-electron chi connectivity index (χ1n) is 6.37. The smallest absolute Gasteiger partial charge is 0.260 e. The minimum atomic E-state index is 0.0755. The van der Waals surface area contributed by atoms with Gasteiger partial charge in [0, 0.05) is 12.4 Å². The third kappa shape index (κ3) is 1.95. The number of nitrogens with zero attached hydrogens (tertiary/aromatic N) is 7. The van der Waals surface area contributed by atoms with Gasteiger partial charge in [-0.15, -0.1) is 10.2 Å². The molecule has 0 saturated heterocycles. The van der Waals surface area contributed by atoms with Crippen molar-refractivity contribution >= 4 is 35.7 Å². The molecule has 0 saturated carbocycles. The van der Waals surface area contributed by atoms with Gasteiger partial charge in [0.25, 0.3) is 5.78 Å². The third-order valence-electron chi connectivity index (χ3n) is 3.28. The number of hydrogen-bond acceptors (Lipinski definition) is 6. The fraction of sp³-hybridized carbons (Fsp3) is 0.154. The monoisotopic (exact) mass is 297 g/mol. The highest BCUT2D eigenvalue weighted by molar-refractivity contribution is 7.98. The molecule has 0 amide bonds. The molecule has 2 aromatic heterocycles. The third-order valence-corrected chi connectivity index (χ3v) is 3.90. The highest BCUT2D eigenvalue weighted by atomic mass is 32.2. The van der Waals surface area contributed by atoms with Crippen LogP contribution in [0, 0.1) is 0 Å². The fourth-order valence-electron chi connectivity index (χ4n) is 2.25. The van der Waals surface area contributed by atoms with E-state index in [0.29, 0.717) is 5.78 Å². The van der Waals surface area contributed by atoms with Gasteiger partial charge in [-0.05, 0) is 17.9 Å². The number of thioether (sulfide) groups is 1. The Hall–Kier alpha value is -2.48. The summed E-state index contributed by atoms with van der Waals surface area (Å²) < 4.78 is 3.28. The number of fused-ring (bicyclic) bond motifs is 2. The van der Waals surface area contributed by atoms with Crippen LogP contribution in [0.2, 0.25) is 0 Å². The summed E-state index contributed by atoms with van der Waals surface area (Å²) in [6.45, 7) is 0. The van der Waals surface area contributed by atoms with Gasteiger partial charge < -0.3 is 0 Å². The van der Waals surface area contributed by atoms with Crippen molar-refractivity contribution in [1.82, 2.24) is 24.5 Å². The number of para-hydroxylation sites is 1. The largest absolute Gasteiger partial charge is 0.275 e. The molecule has 4 rings (SSSR count). The van der Waals surface area contributed by atoms with E-state index in [1.807, 2.05) is 36.9 Å². The van der Waals surface area contributed by atoms with Crippen LogP contribution in [0.15, 0.2) is 45.8 Å². The lowest BCUT2D eigenvalue weighted by Gasteiger charge is -2.01. The SMILES string of the molecule is CSc1nnc2n(/N=C\[C@H]3C=Nc4ccccc43)cnn12. The summed E-state index contributed by atoms with van der Waals surface area (Å²) in [5, 5.41) is 17.5. The van der Waals surface area contributed by atoms with E-state index >= 15 is 0 Å². The van der Waals surface area contributed by atoms with Crippen molar-refractivity contribution in [1.29, 1.82) is 0 Å². The minimum Gasteiger partial charge on any atom is -0.260 e. The molecular weight excluding hydrogens is 286 g/mol. The number of hydrogen-bond donors (Lipinski definition) is 0. The number of rotatable bonds is 3. The standard InChI is InChI=1S/C13H11N7S/c1-21-13-18-17-12-19(8-16-20(12)13)15-7-9-6-14-11-5-3-2-4-10(9)11/h2-9H,1H3/b15-7-/t9-/m1/s1. The molecule has 0 spiro atoms. The van der Waals surface area contributed by atoms with E-state index < -0.39 is 0 Å². The Kier molecular flexibility index (Phi) is 2.81. The van der Waals surface area contributed by atoms with Crippen LogP contribution in [0.3, 0.4) is 0 Å². The Labute approximate surface area is 124 Å². The van der Waals surface area contributed by atoms with Crippen LogP contribution in [-0.2, 0) is 0 Å². The molecule has 21 heavy (non-hydrogen) atoms. The van der Waals surface area contributed by atoms with Crippen LogP contribution in [0.4, 0.5) is 5.69 Å². The summed E-state index contributed by atoms with van der Waals surface area (Å²) in [7, 11) is 0. The van der Waals surface area contributed by atoms with Gasteiger partial charge >= 0.3 is 0 Å². The fourth-order valence-corrected chi connectivity index (χ4v) is 2.68. The predicted octanol–water partition coefficient (Wildman–Crippen LogP) is 1.98. The van der Waals surface area contributed by atoms with Crippen LogP contribution < -0.4 is 0 Å². The average molecular weight is 297 g/mol. The highest BCUT2D eigenvalue weighted by Crippen LogP contribution is 2.30. The second-order valence-corrected chi connectivity index (χ2v) is 5.27. The van der Waals surface area contributed by atoms with Gasteiger partial charge in [0.05, 0.1) is 11.6 Å². The van der Waals surface area contributed by atoms with Gasteiger partial charge in [-0.1, -0.05) is 30.0 Å². The van der Waals surface area contributed by atoms with Crippen molar-refractivity contribution in [3.63, 3.8) is 0 Å².